The molecule has 0 aromatic heterocycles. The summed E-state index contributed by atoms with van der Waals surface area (Å²) in [6.07, 6.45) is 1.14. The van der Waals surface area contributed by atoms with E-state index in [1.54, 1.807) is 0 Å². The molecular weight excluding hydrogens is 192 g/mol. The Bertz CT molecular complexity index is 311. The van der Waals surface area contributed by atoms with Gasteiger partial charge in [-0.2, -0.15) is 0 Å². The fourth-order valence-corrected chi connectivity index (χ4v) is 1.92. The van der Waals surface area contributed by atoms with Crippen LogP contribution in [0.1, 0.15) is 40.5 Å². The number of allylic oxidation sites excluding steroid dienone is 1. The van der Waals surface area contributed by atoms with Crippen LogP contribution in [0.4, 0.5) is 0 Å². The Balaban J connectivity index is 2.89. The van der Waals surface area contributed by atoms with Crippen molar-refractivity contribution in [3.05, 3.63) is 11.1 Å². The van der Waals surface area contributed by atoms with Gasteiger partial charge in [0.2, 0.25) is 0 Å². The zero-order valence-corrected chi connectivity index (χ0v) is 9.79. The molecule has 2 unspecified atom stereocenters. The summed E-state index contributed by atoms with van der Waals surface area (Å²) in [5.41, 5.74) is 1.86. The van der Waals surface area contributed by atoms with Gasteiger partial charge >= 0.3 is 5.97 Å². The minimum absolute atomic E-state index is 0.0102. The van der Waals surface area contributed by atoms with E-state index in [9.17, 15) is 9.59 Å². The predicted octanol–water partition coefficient (Wildman–Crippen LogP) is 2.25. The Kier molecular flexibility index (Phi) is 3.66. The molecule has 0 aromatic rings. The zero-order valence-electron chi connectivity index (χ0n) is 9.79. The summed E-state index contributed by atoms with van der Waals surface area (Å²) in [6, 6.07) is 0. The van der Waals surface area contributed by atoms with E-state index < -0.39 is 6.10 Å². The number of hydrogen-bond donors (Lipinski definition) is 0. The fourth-order valence-electron chi connectivity index (χ4n) is 1.92. The van der Waals surface area contributed by atoms with Gasteiger partial charge in [0.25, 0.3) is 0 Å². The normalized spacial score (nSPS) is 26.4. The Morgan fingerprint density at radius 2 is 1.93 bits per heavy atom. The Morgan fingerprint density at radius 3 is 2.40 bits per heavy atom. The van der Waals surface area contributed by atoms with Crippen LogP contribution in [-0.4, -0.2) is 17.9 Å². The number of ketones is 1. The van der Waals surface area contributed by atoms with E-state index in [1.807, 2.05) is 20.8 Å². The average Bonchev–Trinajstić information content (AvgIpc) is 2.11. The lowest BCUT2D eigenvalue weighted by atomic mass is 9.82. The second-order valence-corrected chi connectivity index (χ2v) is 4.39. The number of carbonyl (C=O) groups is 2. The molecule has 0 spiro atoms. The monoisotopic (exact) mass is 210 g/mol. The summed E-state index contributed by atoms with van der Waals surface area (Å²) in [5, 5.41) is 0. The number of rotatable bonds is 1. The van der Waals surface area contributed by atoms with Crippen molar-refractivity contribution in [3.63, 3.8) is 0 Å². The first-order chi connectivity index (χ1) is 6.93. The van der Waals surface area contributed by atoms with Gasteiger partial charge in [0, 0.05) is 12.8 Å². The molecule has 84 valence electrons. The number of carbonyl (C=O) groups excluding carboxylic acids is 2. The molecular formula is C12H18O3. The Hall–Kier alpha value is -1.12. The van der Waals surface area contributed by atoms with E-state index in [0.717, 1.165) is 24.0 Å². The summed E-state index contributed by atoms with van der Waals surface area (Å²) in [5.74, 6) is -0.261. The lowest BCUT2D eigenvalue weighted by Gasteiger charge is -2.29. The molecule has 0 amide bonds. The second-order valence-electron chi connectivity index (χ2n) is 4.39. The molecule has 3 nitrogen and oxygen atoms in total. The maximum atomic E-state index is 12.0. The lowest BCUT2D eigenvalue weighted by molar-refractivity contribution is -0.155. The Morgan fingerprint density at radius 1 is 1.33 bits per heavy atom. The van der Waals surface area contributed by atoms with Gasteiger partial charge in [0.05, 0.1) is 0 Å². The molecule has 3 heteroatoms. The van der Waals surface area contributed by atoms with Crippen LogP contribution >= 0.6 is 0 Å². The van der Waals surface area contributed by atoms with E-state index in [1.165, 1.54) is 6.92 Å². The van der Waals surface area contributed by atoms with Gasteiger partial charge in [0.15, 0.2) is 11.9 Å². The molecule has 0 heterocycles. The molecule has 0 bridgehead atoms. The number of hydrogen-bond acceptors (Lipinski definition) is 3. The quantitative estimate of drug-likeness (QED) is 0.492. The molecule has 1 rings (SSSR count). The summed E-state index contributed by atoms with van der Waals surface area (Å²) < 4.78 is 5.07. The van der Waals surface area contributed by atoms with Crippen molar-refractivity contribution in [1.29, 1.82) is 0 Å². The number of ether oxygens (including phenoxy) is 1. The Labute approximate surface area is 90.5 Å². The van der Waals surface area contributed by atoms with Crippen molar-refractivity contribution in [2.75, 3.05) is 0 Å². The van der Waals surface area contributed by atoms with Crippen LogP contribution < -0.4 is 0 Å². The molecule has 0 aromatic carbocycles. The van der Waals surface area contributed by atoms with Crippen LogP contribution in [-0.2, 0) is 14.3 Å². The molecule has 15 heavy (non-hydrogen) atoms. The maximum Gasteiger partial charge on any atom is 0.303 e. The first-order valence-corrected chi connectivity index (χ1v) is 5.31. The second kappa shape index (κ2) is 4.60. The van der Waals surface area contributed by atoms with Gasteiger partial charge in [-0.25, -0.2) is 0 Å². The average molecular weight is 210 g/mol. The topological polar surface area (TPSA) is 43.4 Å². The summed E-state index contributed by atoms with van der Waals surface area (Å²) in [6.45, 7) is 7.15. The number of Topliss-reactive ketones (excluding diaryl/α,β-unsaturated/α-hetero) is 1. The SMILES string of the molecule is CC(=O)OC1C(=O)C(=C(C)C)CCC1C. The maximum absolute atomic E-state index is 12.0. The molecule has 1 aliphatic carbocycles. The van der Waals surface area contributed by atoms with Crippen molar-refractivity contribution < 1.29 is 14.3 Å². The minimum Gasteiger partial charge on any atom is -0.454 e. The minimum atomic E-state index is -0.568. The van der Waals surface area contributed by atoms with E-state index in [0.29, 0.717) is 0 Å². The smallest absolute Gasteiger partial charge is 0.303 e. The highest BCUT2D eigenvalue weighted by molar-refractivity contribution is 6.01. The van der Waals surface area contributed by atoms with Gasteiger partial charge in [-0.1, -0.05) is 12.5 Å². The highest BCUT2D eigenvalue weighted by Crippen LogP contribution is 2.29. The van der Waals surface area contributed by atoms with Crippen LogP contribution in [0.5, 0.6) is 0 Å². The van der Waals surface area contributed by atoms with E-state index in [2.05, 4.69) is 0 Å². The predicted molar refractivity (Wildman–Crippen MR) is 57.3 cm³/mol. The molecule has 1 fully saturated rings. The molecule has 0 aliphatic heterocycles. The third-order valence-corrected chi connectivity index (χ3v) is 2.82. The summed E-state index contributed by atoms with van der Waals surface area (Å²) in [4.78, 5) is 22.9. The molecule has 0 saturated heterocycles. The molecule has 2 atom stereocenters. The van der Waals surface area contributed by atoms with Crippen molar-refractivity contribution >= 4 is 11.8 Å². The van der Waals surface area contributed by atoms with Crippen molar-refractivity contribution in [2.45, 2.75) is 46.6 Å². The van der Waals surface area contributed by atoms with E-state index in [-0.39, 0.29) is 17.7 Å². The third kappa shape index (κ3) is 2.67. The molecule has 1 saturated carbocycles. The van der Waals surface area contributed by atoms with Gasteiger partial charge in [-0.3, -0.25) is 9.59 Å². The van der Waals surface area contributed by atoms with Gasteiger partial charge < -0.3 is 4.74 Å². The van der Waals surface area contributed by atoms with Gasteiger partial charge in [0.1, 0.15) is 0 Å². The largest absolute Gasteiger partial charge is 0.454 e. The lowest BCUT2D eigenvalue weighted by Crippen LogP contribution is -2.37. The zero-order chi connectivity index (χ0) is 11.6. The molecule has 0 radical (unpaired) electrons. The van der Waals surface area contributed by atoms with Crippen LogP contribution in [0, 0.1) is 5.92 Å². The third-order valence-electron chi connectivity index (χ3n) is 2.82. The van der Waals surface area contributed by atoms with Gasteiger partial charge in [-0.05, 0) is 32.3 Å². The first kappa shape index (κ1) is 12.0. The highest BCUT2D eigenvalue weighted by Gasteiger charge is 2.34. The van der Waals surface area contributed by atoms with Crippen molar-refractivity contribution in [2.24, 2.45) is 5.92 Å². The van der Waals surface area contributed by atoms with Crippen LogP contribution in [0.2, 0.25) is 0 Å². The van der Waals surface area contributed by atoms with Gasteiger partial charge in [-0.15, -0.1) is 0 Å². The van der Waals surface area contributed by atoms with Crippen molar-refractivity contribution in [1.82, 2.24) is 0 Å². The van der Waals surface area contributed by atoms with Crippen LogP contribution in [0.25, 0.3) is 0 Å². The first-order valence-electron chi connectivity index (χ1n) is 5.31. The molecule has 0 N–H and O–H groups in total. The van der Waals surface area contributed by atoms with Crippen molar-refractivity contribution in [3.8, 4) is 0 Å². The van der Waals surface area contributed by atoms with E-state index in [4.69, 9.17) is 4.74 Å². The molecule has 1 aliphatic rings. The highest BCUT2D eigenvalue weighted by atomic mass is 16.5. The van der Waals surface area contributed by atoms with Crippen LogP contribution in [0.3, 0.4) is 0 Å². The van der Waals surface area contributed by atoms with Crippen LogP contribution in [0.15, 0.2) is 11.1 Å². The standard InChI is InChI=1S/C12H18O3/c1-7(2)10-6-5-8(3)12(11(10)14)15-9(4)13/h8,12H,5-6H2,1-4H3. The number of esters is 1. The fraction of sp³-hybridized carbons (Fsp3) is 0.667. The van der Waals surface area contributed by atoms with E-state index >= 15 is 0 Å². The summed E-state index contributed by atoms with van der Waals surface area (Å²) >= 11 is 0. The summed E-state index contributed by atoms with van der Waals surface area (Å²) in [7, 11) is 0.